The van der Waals surface area contributed by atoms with Crippen molar-refractivity contribution in [1.29, 1.82) is 0 Å². The molecule has 1 amide bonds. The molecular formula is C22H26N4OS. The number of benzene rings is 2. The molecule has 0 unspecified atom stereocenters. The molecular weight excluding hydrogens is 368 g/mol. The normalized spacial score (nSPS) is 11.0. The molecule has 0 spiro atoms. The minimum absolute atomic E-state index is 0.0979. The van der Waals surface area contributed by atoms with Gasteiger partial charge in [0.1, 0.15) is 0 Å². The zero-order valence-corrected chi connectivity index (χ0v) is 17.4. The quantitative estimate of drug-likeness (QED) is 0.447. The fourth-order valence-corrected chi connectivity index (χ4v) is 3.82. The van der Waals surface area contributed by atoms with Gasteiger partial charge in [0.25, 0.3) is 0 Å². The number of hydrogen-bond acceptors (Lipinski definition) is 4. The van der Waals surface area contributed by atoms with E-state index in [1.807, 2.05) is 50.2 Å². The van der Waals surface area contributed by atoms with E-state index in [1.165, 1.54) is 5.56 Å². The van der Waals surface area contributed by atoms with Crippen molar-refractivity contribution in [3.8, 4) is 17.1 Å². The van der Waals surface area contributed by atoms with Gasteiger partial charge >= 0.3 is 0 Å². The van der Waals surface area contributed by atoms with Crippen LogP contribution in [0.4, 0.5) is 0 Å². The smallest absolute Gasteiger partial charge is 0.220 e. The van der Waals surface area contributed by atoms with Gasteiger partial charge in [-0.25, -0.2) is 0 Å². The number of rotatable bonds is 8. The summed E-state index contributed by atoms with van der Waals surface area (Å²) in [6.07, 6.45) is 1.32. The van der Waals surface area contributed by atoms with Crippen molar-refractivity contribution in [3.05, 3.63) is 60.2 Å². The van der Waals surface area contributed by atoms with Crippen LogP contribution in [0.3, 0.4) is 0 Å². The molecule has 146 valence electrons. The highest BCUT2D eigenvalue weighted by atomic mass is 32.2. The van der Waals surface area contributed by atoms with Gasteiger partial charge in [-0.2, -0.15) is 0 Å². The predicted octanol–water partition coefficient (Wildman–Crippen LogP) is 4.64. The number of aryl methyl sites for hydroxylation is 1. The maximum absolute atomic E-state index is 11.8. The Morgan fingerprint density at radius 2 is 1.89 bits per heavy atom. The van der Waals surface area contributed by atoms with Gasteiger partial charge < -0.3 is 5.32 Å². The first-order chi connectivity index (χ1) is 13.5. The highest BCUT2D eigenvalue weighted by Gasteiger charge is 2.16. The third-order valence-electron chi connectivity index (χ3n) is 4.15. The van der Waals surface area contributed by atoms with Crippen LogP contribution in [0.2, 0.25) is 0 Å². The number of aromatic nitrogens is 3. The summed E-state index contributed by atoms with van der Waals surface area (Å²) < 4.78 is 2.10. The summed E-state index contributed by atoms with van der Waals surface area (Å²) in [5.74, 6) is 1.73. The Kier molecular flexibility index (Phi) is 6.87. The molecule has 0 saturated heterocycles. The van der Waals surface area contributed by atoms with Gasteiger partial charge in [0.15, 0.2) is 11.0 Å². The largest absolute Gasteiger partial charge is 0.354 e. The highest BCUT2D eigenvalue weighted by Crippen LogP contribution is 2.28. The Hall–Kier alpha value is -2.60. The minimum Gasteiger partial charge on any atom is -0.354 e. The third-order valence-corrected chi connectivity index (χ3v) is 5.17. The zero-order chi connectivity index (χ0) is 19.9. The molecule has 0 bridgehead atoms. The van der Waals surface area contributed by atoms with Crippen LogP contribution < -0.4 is 5.32 Å². The molecule has 3 aromatic rings. The number of hydrogen-bond donors (Lipinski definition) is 1. The number of nitrogens with one attached hydrogen (secondary N) is 1. The second-order valence-electron chi connectivity index (χ2n) is 7.02. The maximum atomic E-state index is 11.8. The van der Waals surface area contributed by atoms with E-state index < -0.39 is 0 Å². The minimum atomic E-state index is 0.0979. The molecule has 0 fully saturated rings. The van der Waals surface area contributed by atoms with E-state index in [1.54, 1.807) is 11.8 Å². The molecule has 0 saturated carbocycles. The van der Waals surface area contributed by atoms with E-state index in [4.69, 9.17) is 0 Å². The summed E-state index contributed by atoms with van der Waals surface area (Å²) in [6.45, 7) is 6.03. The molecule has 5 nitrogen and oxygen atoms in total. The second kappa shape index (κ2) is 9.55. The van der Waals surface area contributed by atoms with E-state index in [0.29, 0.717) is 6.42 Å². The van der Waals surface area contributed by atoms with Gasteiger partial charge in [0.05, 0.1) is 0 Å². The van der Waals surface area contributed by atoms with Gasteiger partial charge in [-0.15, -0.1) is 10.2 Å². The lowest BCUT2D eigenvalue weighted by molar-refractivity contribution is -0.121. The summed E-state index contributed by atoms with van der Waals surface area (Å²) in [6, 6.07) is 18.6. The number of carbonyl (C=O) groups is 1. The molecule has 6 heteroatoms. The molecule has 28 heavy (non-hydrogen) atoms. The fourth-order valence-electron chi connectivity index (χ4n) is 2.93. The highest BCUT2D eigenvalue weighted by molar-refractivity contribution is 7.99. The monoisotopic (exact) mass is 394 g/mol. The molecule has 1 heterocycles. The lowest BCUT2D eigenvalue weighted by Crippen LogP contribution is -2.29. The molecule has 0 aliphatic heterocycles. The number of carbonyl (C=O) groups excluding carboxylic acids is 1. The van der Waals surface area contributed by atoms with E-state index in [-0.39, 0.29) is 11.9 Å². The molecule has 0 aliphatic carbocycles. The Balaban J connectivity index is 1.80. The van der Waals surface area contributed by atoms with Crippen LogP contribution in [0.1, 0.15) is 32.3 Å². The van der Waals surface area contributed by atoms with Crippen molar-refractivity contribution < 1.29 is 4.79 Å². The van der Waals surface area contributed by atoms with Crippen molar-refractivity contribution in [2.75, 3.05) is 5.75 Å². The molecule has 3 rings (SSSR count). The molecule has 0 aliphatic rings. The summed E-state index contributed by atoms with van der Waals surface area (Å²) in [5, 5.41) is 12.7. The van der Waals surface area contributed by atoms with Gasteiger partial charge in [-0.05, 0) is 44.9 Å². The van der Waals surface area contributed by atoms with Gasteiger partial charge in [-0.3, -0.25) is 9.36 Å². The second-order valence-corrected chi connectivity index (χ2v) is 8.08. The summed E-state index contributed by atoms with van der Waals surface area (Å²) >= 11 is 1.63. The van der Waals surface area contributed by atoms with Crippen LogP contribution in [0.15, 0.2) is 59.8 Å². The number of thioether (sulfide) groups is 1. The first kappa shape index (κ1) is 20.1. The average molecular weight is 395 g/mol. The SMILES string of the molecule is Cc1cccc(-n2c(SCCCC(=O)NC(C)C)nnc2-c2ccccc2)c1. The summed E-state index contributed by atoms with van der Waals surface area (Å²) in [7, 11) is 0. The standard InChI is InChI=1S/C22H26N4OS/c1-16(2)23-20(27)13-8-14-28-22-25-24-21(18-10-5-4-6-11-18)26(22)19-12-7-9-17(3)15-19/h4-7,9-12,15-16H,8,13-14H2,1-3H3,(H,23,27). The van der Waals surface area contributed by atoms with Crippen molar-refractivity contribution in [2.45, 2.75) is 44.8 Å². The van der Waals surface area contributed by atoms with E-state index >= 15 is 0 Å². The Bertz CT molecular complexity index is 921. The Morgan fingerprint density at radius 3 is 2.61 bits per heavy atom. The zero-order valence-electron chi connectivity index (χ0n) is 16.6. The Morgan fingerprint density at radius 1 is 1.11 bits per heavy atom. The van der Waals surface area contributed by atoms with Crippen LogP contribution in [0.25, 0.3) is 17.1 Å². The van der Waals surface area contributed by atoms with Crippen molar-refractivity contribution in [1.82, 2.24) is 20.1 Å². The molecule has 0 atom stereocenters. The lowest BCUT2D eigenvalue weighted by Gasteiger charge is -2.11. The van der Waals surface area contributed by atoms with E-state index in [9.17, 15) is 4.79 Å². The maximum Gasteiger partial charge on any atom is 0.220 e. The van der Waals surface area contributed by atoms with Crippen LogP contribution in [-0.2, 0) is 4.79 Å². The van der Waals surface area contributed by atoms with Crippen molar-refractivity contribution in [2.24, 2.45) is 0 Å². The van der Waals surface area contributed by atoms with Crippen molar-refractivity contribution in [3.63, 3.8) is 0 Å². The molecule has 1 N–H and O–H groups in total. The number of amides is 1. The predicted molar refractivity (Wildman–Crippen MR) is 115 cm³/mol. The van der Waals surface area contributed by atoms with Crippen molar-refractivity contribution >= 4 is 17.7 Å². The topological polar surface area (TPSA) is 59.8 Å². The average Bonchev–Trinajstić information content (AvgIpc) is 3.09. The molecule has 1 aromatic heterocycles. The van der Waals surface area contributed by atoms with Gasteiger partial charge in [0, 0.05) is 29.5 Å². The lowest BCUT2D eigenvalue weighted by atomic mass is 10.2. The van der Waals surface area contributed by atoms with E-state index in [2.05, 4.69) is 45.2 Å². The Labute approximate surface area is 170 Å². The van der Waals surface area contributed by atoms with Crippen LogP contribution in [0.5, 0.6) is 0 Å². The number of nitrogens with zero attached hydrogens (tertiary/aromatic N) is 3. The summed E-state index contributed by atoms with van der Waals surface area (Å²) in [4.78, 5) is 11.8. The summed E-state index contributed by atoms with van der Waals surface area (Å²) in [5.41, 5.74) is 3.26. The molecule has 2 aromatic carbocycles. The molecule has 0 radical (unpaired) electrons. The van der Waals surface area contributed by atoms with Gasteiger partial charge in [-0.1, -0.05) is 54.2 Å². The fraction of sp³-hybridized carbons (Fsp3) is 0.318. The van der Waals surface area contributed by atoms with Gasteiger partial charge in [0.2, 0.25) is 5.91 Å². The van der Waals surface area contributed by atoms with Crippen LogP contribution in [-0.4, -0.2) is 32.5 Å². The first-order valence-corrected chi connectivity index (χ1v) is 10.5. The first-order valence-electron chi connectivity index (χ1n) is 9.54. The van der Waals surface area contributed by atoms with Crippen LogP contribution in [0, 0.1) is 6.92 Å². The van der Waals surface area contributed by atoms with Crippen LogP contribution >= 0.6 is 11.8 Å². The third kappa shape index (κ3) is 5.23. The van der Waals surface area contributed by atoms with E-state index in [0.717, 1.165) is 34.4 Å².